The highest BCUT2D eigenvalue weighted by Crippen LogP contribution is 2.30. The maximum absolute atomic E-state index is 14.4. The van der Waals surface area contributed by atoms with Crippen LogP contribution in [0.2, 0.25) is 5.02 Å². The van der Waals surface area contributed by atoms with Gasteiger partial charge in [-0.15, -0.1) is 0 Å². The molecule has 8 nitrogen and oxygen atoms in total. The third kappa shape index (κ3) is 6.89. The summed E-state index contributed by atoms with van der Waals surface area (Å²) in [6.45, 7) is -4.77. The lowest BCUT2D eigenvalue weighted by molar-refractivity contribution is -0.148. The molecule has 2 heterocycles. The second kappa shape index (κ2) is 10.4. The summed E-state index contributed by atoms with van der Waals surface area (Å²) in [6.07, 6.45) is -3.12. The van der Waals surface area contributed by atoms with Crippen LogP contribution in [0.25, 0.3) is 0 Å². The summed E-state index contributed by atoms with van der Waals surface area (Å²) in [7, 11) is -4.72. The number of benzene rings is 1. The Morgan fingerprint density at radius 1 is 1.16 bits per heavy atom. The van der Waals surface area contributed by atoms with Crippen molar-refractivity contribution in [3.8, 4) is 11.6 Å². The predicted octanol–water partition coefficient (Wildman–Crippen LogP) is 3.80. The van der Waals surface area contributed by atoms with Crippen LogP contribution in [0, 0.1) is 11.6 Å². The molecule has 0 atom stereocenters. The van der Waals surface area contributed by atoms with Gasteiger partial charge < -0.3 is 9.47 Å². The second-order valence-corrected chi connectivity index (χ2v) is 9.66. The summed E-state index contributed by atoms with van der Waals surface area (Å²) >= 11 is 5.76. The van der Waals surface area contributed by atoms with Crippen LogP contribution in [-0.4, -0.2) is 61.6 Å². The lowest BCUT2D eigenvalue weighted by atomic mass is 10.1. The van der Waals surface area contributed by atoms with Gasteiger partial charge in [0.1, 0.15) is 29.0 Å². The lowest BCUT2D eigenvalue weighted by Gasteiger charge is -2.37. The van der Waals surface area contributed by atoms with Crippen LogP contribution < -0.4 is 14.2 Å². The molecule has 2 aromatic rings. The molecule has 0 unspecified atom stereocenters. The molecule has 204 valence electrons. The number of pyridine rings is 1. The zero-order valence-electron chi connectivity index (χ0n) is 18.0. The van der Waals surface area contributed by atoms with E-state index < -0.39 is 94.4 Å². The van der Waals surface area contributed by atoms with E-state index in [9.17, 15) is 48.3 Å². The zero-order valence-corrected chi connectivity index (χ0v) is 19.5. The SMILES string of the molecule is O=C(NS(=O)(=O)N1CC(F)(F)C1)c1cc(F)c(COc2cnc(OCC(F)(F)C(F)F)c(Cl)c2)cc1F. The topological polar surface area (TPSA) is 97.8 Å². The Bertz CT molecular complexity index is 1290. The average molecular weight is 584 g/mol. The fraction of sp³-hybridized carbons (Fsp3) is 0.368. The number of hydrogen-bond acceptors (Lipinski definition) is 6. The first-order valence-corrected chi connectivity index (χ1v) is 11.6. The maximum atomic E-state index is 14.4. The third-order valence-electron chi connectivity index (χ3n) is 4.65. The first-order valence-electron chi connectivity index (χ1n) is 9.76. The standard InChI is InChI=1S/C19H14ClF8N3O5S/c20-12-2-10(4-29-16(12)36-8-19(27,28)17(23)24)35-5-9-1-14(22)11(3-13(9)21)15(32)30-37(33,34)31-6-18(25,26)7-31/h1-4,17H,5-8H2,(H,30,32). The van der Waals surface area contributed by atoms with E-state index in [4.69, 9.17) is 16.3 Å². The highest BCUT2D eigenvalue weighted by Gasteiger charge is 2.50. The van der Waals surface area contributed by atoms with Gasteiger partial charge in [0.25, 0.3) is 11.8 Å². The zero-order chi connectivity index (χ0) is 27.8. The first kappa shape index (κ1) is 28.6. The number of nitrogens with zero attached hydrogens (tertiary/aromatic N) is 2. The number of alkyl halides is 6. The van der Waals surface area contributed by atoms with E-state index >= 15 is 0 Å². The van der Waals surface area contributed by atoms with E-state index in [0.29, 0.717) is 12.1 Å². The Morgan fingerprint density at radius 3 is 2.38 bits per heavy atom. The highest BCUT2D eigenvalue weighted by atomic mass is 35.5. The van der Waals surface area contributed by atoms with Crippen LogP contribution in [0.4, 0.5) is 35.1 Å². The van der Waals surface area contributed by atoms with Crippen molar-refractivity contribution >= 4 is 27.7 Å². The van der Waals surface area contributed by atoms with E-state index in [1.807, 2.05) is 0 Å². The van der Waals surface area contributed by atoms with Gasteiger partial charge in [-0.05, 0) is 12.1 Å². The van der Waals surface area contributed by atoms with Gasteiger partial charge in [0.05, 0.1) is 24.8 Å². The minimum Gasteiger partial charge on any atom is -0.487 e. The van der Waals surface area contributed by atoms with Crippen LogP contribution in [0.3, 0.4) is 0 Å². The molecule has 1 aromatic heterocycles. The number of amides is 1. The summed E-state index contributed by atoms with van der Waals surface area (Å²) in [5.41, 5.74) is -1.50. The van der Waals surface area contributed by atoms with Crippen molar-refractivity contribution in [2.24, 2.45) is 0 Å². The Hall–Kier alpha value is -2.92. The van der Waals surface area contributed by atoms with E-state index in [-0.39, 0.29) is 10.1 Å². The molecule has 1 aliphatic rings. The number of hydrogen-bond donors (Lipinski definition) is 1. The molecule has 0 radical (unpaired) electrons. The minimum atomic E-state index is -4.72. The molecule has 0 saturated carbocycles. The van der Waals surface area contributed by atoms with Gasteiger partial charge >= 0.3 is 22.6 Å². The third-order valence-corrected chi connectivity index (χ3v) is 6.31. The van der Waals surface area contributed by atoms with Gasteiger partial charge in [-0.3, -0.25) is 4.79 Å². The smallest absolute Gasteiger partial charge is 0.340 e. The van der Waals surface area contributed by atoms with E-state index in [2.05, 4.69) is 9.72 Å². The first-order chi connectivity index (χ1) is 17.0. The van der Waals surface area contributed by atoms with Gasteiger partial charge in [0, 0.05) is 11.6 Å². The Kier molecular flexibility index (Phi) is 8.09. The van der Waals surface area contributed by atoms with Crippen LogP contribution in [-0.2, 0) is 16.8 Å². The molecular formula is C19H14ClF8N3O5S. The monoisotopic (exact) mass is 583 g/mol. The second-order valence-electron chi connectivity index (χ2n) is 7.58. The van der Waals surface area contributed by atoms with Crippen molar-refractivity contribution < 1.29 is 57.8 Å². The number of nitrogens with one attached hydrogen (secondary N) is 1. The molecule has 1 aliphatic heterocycles. The quantitative estimate of drug-likeness (QED) is 0.428. The molecule has 3 rings (SSSR count). The lowest BCUT2D eigenvalue weighted by Crippen LogP contribution is -2.61. The molecule has 1 N–H and O–H groups in total. The number of carbonyl (C=O) groups is 1. The molecule has 37 heavy (non-hydrogen) atoms. The van der Waals surface area contributed by atoms with Gasteiger partial charge in [-0.25, -0.2) is 36.0 Å². The molecule has 1 amide bonds. The number of carbonyl (C=O) groups excluding carboxylic acids is 1. The Morgan fingerprint density at radius 2 is 1.81 bits per heavy atom. The normalized spacial score (nSPS) is 15.8. The number of aromatic nitrogens is 1. The Balaban J connectivity index is 1.63. The average Bonchev–Trinajstić information content (AvgIpc) is 2.76. The molecule has 18 heteroatoms. The van der Waals surface area contributed by atoms with Crippen LogP contribution in [0.1, 0.15) is 15.9 Å². The Labute approximate surface area is 208 Å². The molecule has 1 saturated heterocycles. The van der Waals surface area contributed by atoms with Gasteiger partial charge in [0.2, 0.25) is 5.88 Å². The molecule has 0 spiro atoms. The number of halogens is 9. The highest BCUT2D eigenvalue weighted by molar-refractivity contribution is 7.87. The fourth-order valence-electron chi connectivity index (χ4n) is 2.73. The summed E-state index contributed by atoms with van der Waals surface area (Å²) in [4.78, 5) is 15.6. The van der Waals surface area contributed by atoms with Crippen molar-refractivity contribution in [2.45, 2.75) is 24.9 Å². The van der Waals surface area contributed by atoms with Crippen molar-refractivity contribution in [3.63, 3.8) is 0 Å². The van der Waals surface area contributed by atoms with Crippen LogP contribution in [0.15, 0.2) is 24.4 Å². The van der Waals surface area contributed by atoms with Crippen molar-refractivity contribution in [3.05, 3.63) is 52.2 Å². The largest absolute Gasteiger partial charge is 0.487 e. The maximum Gasteiger partial charge on any atom is 0.340 e. The van der Waals surface area contributed by atoms with E-state index in [0.717, 1.165) is 12.3 Å². The van der Waals surface area contributed by atoms with Crippen molar-refractivity contribution in [1.82, 2.24) is 14.0 Å². The summed E-state index contributed by atoms with van der Waals surface area (Å²) < 4.78 is 140. The van der Waals surface area contributed by atoms with Crippen molar-refractivity contribution in [1.29, 1.82) is 0 Å². The van der Waals surface area contributed by atoms with E-state index in [1.54, 1.807) is 0 Å². The van der Waals surface area contributed by atoms with Gasteiger partial charge in [-0.1, -0.05) is 11.6 Å². The number of rotatable bonds is 10. The molecule has 0 aliphatic carbocycles. The number of ether oxygens (including phenoxy) is 2. The molecule has 1 aromatic carbocycles. The van der Waals surface area contributed by atoms with Crippen LogP contribution in [0.5, 0.6) is 11.6 Å². The summed E-state index contributed by atoms with van der Waals surface area (Å²) in [5, 5.41) is -0.428. The van der Waals surface area contributed by atoms with E-state index in [1.165, 1.54) is 4.72 Å². The van der Waals surface area contributed by atoms with Crippen LogP contribution >= 0.6 is 11.6 Å². The fourth-order valence-corrected chi connectivity index (χ4v) is 4.13. The minimum absolute atomic E-state index is 0.197. The molecular weight excluding hydrogens is 570 g/mol. The molecule has 1 fully saturated rings. The van der Waals surface area contributed by atoms with Crippen molar-refractivity contribution in [2.75, 3.05) is 19.7 Å². The molecule has 0 bridgehead atoms. The van der Waals surface area contributed by atoms with Gasteiger partial charge in [0.15, 0.2) is 6.61 Å². The predicted molar refractivity (Wildman–Crippen MR) is 109 cm³/mol. The van der Waals surface area contributed by atoms with Gasteiger partial charge in [-0.2, -0.15) is 21.5 Å². The summed E-state index contributed by atoms with van der Waals surface area (Å²) in [6, 6.07) is 1.83. The summed E-state index contributed by atoms with van der Waals surface area (Å²) in [5.74, 6) is -12.8.